The molecule has 0 saturated carbocycles. The van der Waals surface area contributed by atoms with E-state index in [2.05, 4.69) is 9.72 Å². The third-order valence-electron chi connectivity index (χ3n) is 4.02. The minimum absolute atomic E-state index is 0.00285. The van der Waals surface area contributed by atoms with Crippen molar-refractivity contribution in [3.05, 3.63) is 41.4 Å². The Kier molecular flexibility index (Phi) is 5.78. The fourth-order valence-electron chi connectivity index (χ4n) is 2.71. The van der Waals surface area contributed by atoms with Gasteiger partial charge in [0, 0.05) is 24.0 Å². The summed E-state index contributed by atoms with van der Waals surface area (Å²) in [6, 6.07) is 9.91. The van der Waals surface area contributed by atoms with Gasteiger partial charge in [0.2, 0.25) is 5.91 Å². The minimum Gasteiger partial charge on any atom is -0.469 e. The third kappa shape index (κ3) is 4.64. The molecule has 6 nitrogen and oxygen atoms in total. The number of carbonyl (C=O) groups excluding carboxylic acids is 2. The van der Waals surface area contributed by atoms with Crippen molar-refractivity contribution in [1.29, 1.82) is 0 Å². The number of nitrogens with zero attached hydrogens (tertiary/aromatic N) is 2. The number of rotatable bonds is 5. The number of aromatic nitrogens is 1. The zero-order valence-corrected chi connectivity index (χ0v) is 14.8. The van der Waals surface area contributed by atoms with Gasteiger partial charge in [-0.1, -0.05) is 30.3 Å². The van der Waals surface area contributed by atoms with Crippen LogP contribution in [0, 0.1) is 0 Å². The molecule has 1 fully saturated rings. The van der Waals surface area contributed by atoms with Crippen molar-refractivity contribution < 1.29 is 19.1 Å². The number of esters is 1. The monoisotopic (exact) mass is 360 g/mol. The summed E-state index contributed by atoms with van der Waals surface area (Å²) in [5.41, 5.74) is 1.82. The van der Waals surface area contributed by atoms with Crippen LogP contribution in [0.5, 0.6) is 0 Å². The van der Waals surface area contributed by atoms with Gasteiger partial charge >= 0.3 is 5.97 Å². The number of benzene rings is 1. The van der Waals surface area contributed by atoms with Crippen LogP contribution in [0.15, 0.2) is 35.7 Å². The lowest BCUT2D eigenvalue weighted by Crippen LogP contribution is -2.46. The largest absolute Gasteiger partial charge is 0.469 e. The molecule has 132 valence electrons. The molecule has 3 rings (SSSR count). The molecule has 2 heterocycles. The minimum atomic E-state index is -0.327. The molecule has 1 aromatic carbocycles. The van der Waals surface area contributed by atoms with Crippen LogP contribution in [-0.4, -0.2) is 54.7 Å². The highest BCUT2D eigenvalue weighted by molar-refractivity contribution is 7.13. The quantitative estimate of drug-likeness (QED) is 0.764. The van der Waals surface area contributed by atoms with E-state index in [-0.39, 0.29) is 30.8 Å². The Morgan fingerprint density at radius 1 is 1.36 bits per heavy atom. The van der Waals surface area contributed by atoms with E-state index in [9.17, 15) is 9.59 Å². The van der Waals surface area contributed by atoms with E-state index in [1.165, 1.54) is 18.4 Å². The molecule has 1 aliphatic rings. The summed E-state index contributed by atoms with van der Waals surface area (Å²) in [5.74, 6) is -0.325. The van der Waals surface area contributed by atoms with Crippen molar-refractivity contribution in [3.8, 4) is 10.6 Å². The summed E-state index contributed by atoms with van der Waals surface area (Å²) in [6.45, 7) is 1.37. The highest BCUT2D eigenvalue weighted by Crippen LogP contribution is 2.23. The first-order valence-electron chi connectivity index (χ1n) is 8.11. The summed E-state index contributed by atoms with van der Waals surface area (Å²) in [7, 11) is 1.35. The van der Waals surface area contributed by atoms with E-state index < -0.39 is 0 Å². The number of morpholine rings is 1. The first kappa shape index (κ1) is 17.6. The molecule has 1 atom stereocenters. The van der Waals surface area contributed by atoms with Gasteiger partial charge in [0.05, 0.1) is 38.4 Å². The highest BCUT2D eigenvalue weighted by atomic mass is 32.1. The van der Waals surface area contributed by atoms with Gasteiger partial charge < -0.3 is 14.4 Å². The molecule has 1 aromatic heterocycles. The molecule has 1 aliphatic heterocycles. The van der Waals surface area contributed by atoms with Crippen molar-refractivity contribution in [2.24, 2.45) is 0 Å². The lowest BCUT2D eigenvalue weighted by molar-refractivity contribution is -0.149. The first-order chi connectivity index (χ1) is 12.2. The van der Waals surface area contributed by atoms with Gasteiger partial charge in [-0.05, 0) is 0 Å². The average molecular weight is 360 g/mol. The third-order valence-corrected chi connectivity index (χ3v) is 4.96. The predicted octanol–water partition coefficient (Wildman–Crippen LogP) is 2.14. The highest BCUT2D eigenvalue weighted by Gasteiger charge is 2.26. The van der Waals surface area contributed by atoms with Gasteiger partial charge in [-0.2, -0.15) is 0 Å². The van der Waals surface area contributed by atoms with Crippen LogP contribution in [-0.2, 0) is 25.5 Å². The zero-order valence-electron chi connectivity index (χ0n) is 14.0. The van der Waals surface area contributed by atoms with Crippen LogP contribution in [0.1, 0.15) is 12.1 Å². The second kappa shape index (κ2) is 8.22. The van der Waals surface area contributed by atoms with Gasteiger partial charge in [-0.15, -0.1) is 11.3 Å². The second-order valence-corrected chi connectivity index (χ2v) is 6.66. The van der Waals surface area contributed by atoms with E-state index in [1.54, 1.807) is 4.90 Å². The van der Waals surface area contributed by atoms with Crippen LogP contribution < -0.4 is 0 Å². The van der Waals surface area contributed by atoms with Crippen LogP contribution in [0.25, 0.3) is 10.6 Å². The maximum atomic E-state index is 12.5. The molecule has 0 unspecified atom stereocenters. The normalized spacial score (nSPS) is 17.3. The number of hydrogen-bond acceptors (Lipinski definition) is 6. The topological polar surface area (TPSA) is 68.7 Å². The average Bonchev–Trinajstić information content (AvgIpc) is 3.11. The SMILES string of the molecule is COC(=O)C[C@@H]1CN(C(=O)Cc2csc(-c3ccccc3)n2)CCO1. The summed E-state index contributed by atoms with van der Waals surface area (Å²) in [5, 5.41) is 2.83. The number of ether oxygens (including phenoxy) is 2. The molecule has 0 N–H and O–H groups in total. The second-order valence-electron chi connectivity index (χ2n) is 5.80. The Hall–Kier alpha value is -2.25. The fourth-order valence-corrected chi connectivity index (χ4v) is 3.53. The van der Waals surface area contributed by atoms with Crippen molar-refractivity contribution in [2.45, 2.75) is 18.9 Å². The van der Waals surface area contributed by atoms with Crippen molar-refractivity contribution >= 4 is 23.2 Å². The molecule has 25 heavy (non-hydrogen) atoms. The molecule has 2 aromatic rings. The lowest BCUT2D eigenvalue weighted by Gasteiger charge is -2.32. The van der Waals surface area contributed by atoms with E-state index in [0.29, 0.717) is 19.7 Å². The molecule has 0 aliphatic carbocycles. The van der Waals surface area contributed by atoms with Gasteiger partial charge in [0.25, 0.3) is 0 Å². The van der Waals surface area contributed by atoms with Crippen LogP contribution in [0.4, 0.5) is 0 Å². The predicted molar refractivity (Wildman–Crippen MR) is 94.2 cm³/mol. The van der Waals surface area contributed by atoms with Gasteiger partial charge in [-0.3, -0.25) is 9.59 Å². The summed E-state index contributed by atoms with van der Waals surface area (Å²) >= 11 is 1.54. The van der Waals surface area contributed by atoms with Gasteiger partial charge in [-0.25, -0.2) is 4.98 Å². The molecule has 1 saturated heterocycles. The van der Waals surface area contributed by atoms with Gasteiger partial charge in [0.1, 0.15) is 5.01 Å². The molecule has 1 amide bonds. The van der Waals surface area contributed by atoms with Crippen LogP contribution >= 0.6 is 11.3 Å². The summed E-state index contributed by atoms with van der Waals surface area (Å²) in [6.07, 6.45) is 0.115. The van der Waals surface area contributed by atoms with Crippen molar-refractivity contribution in [3.63, 3.8) is 0 Å². The standard InChI is InChI=1S/C18H20N2O4S/c1-23-17(22)10-15-11-20(7-8-24-15)16(21)9-14-12-25-18(19-14)13-5-3-2-4-6-13/h2-6,12,15H,7-11H2,1H3/t15-/m1/s1. The number of amides is 1. The Bertz CT molecular complexity index is 732. The van der Waals surface area contributed by atoms with Crippen molar-refractivity contribution in [2.75, 3.05) is 26.8 Å². The number of hydrogen-bond donors (Lipinski definition) is 0. The maximum Gasteiger partial charge on any atom is 0.308 e. The Morgan fingerprint density at radius 3 is 2.92 bits per heavy atom. The molecule has 7 heteroatoms. The molecule has 0 radical (unpaired) electrons. The van der Waals surface area contributed by atoms with E-state index >= 15 is 0 Å². The van der Waals surface area contributed by atoms with E-state index in [1.807, 2.05) is 35.7 Å². The smallest absolute Gasteiger partial charge is 0.308 e. The molecule has 0 spiro atoms. The molecule has 0 bridgehead atoms. The molecular weight excluding hydrogens is 340 g/mol. The summed E-state index contributed by atoms with van der Waals surface area (Å²) < 4.78 is 10.2. The van der Waals surface area contributed by atoms with Crippen LogP contribution in [0.2, 0.25) is 0 Å². The van der Waals surface area contributed by atoms with Crippen LogP contribution in [0.3, 0.4) is 0 Å². The first-order valence-corrected chi connectivity index (χ1v) is 8.99. The zero-order chi connectivity index (χ0) is 17.6. The fraction of sp³-hybridized carbons (Fsp3) is 0.389. The maximum absolute atomic E-state index is 12.5. The Labute approximate surface area is 150 Å². The Morgan fingerprint density at radius 2 is 2.16 bits per heavy atom. The summed E-state index contributed by atoms with van der Waals surface area (Å²) in [4.78, 5) is 30.2. The van der Waals surface area contributed by atoms with E-state index in [0.717, 1.165) is 16.3 Å². The van der Waals surface area contributed by atoms with E-state index in [4.69, 9.17) is 4.74 Å². The Balaban J connectivity index is 1.58. The number of methoxy groups -OCH3 is 1. The molecular formula is C18H20N2O4S. The van der Waals surface area contributed by atoms with Gasteiger partial charge in [0.15, 0.2) is 0 Å². The van der Waals surface area contributed by atoms with Crippen molar-refractivity contribution in [1.82, 2.24) is 9.88 Å². The lowest BCUT2D eigenvalue weighted by atomic mass is 10.2. The number of thiazole rings is 1. The number of carbonyl (C=O) groups is 2.